The van der Waals surface area contributed by atoms with Crippen LogP contribution >= 0.6 is 0 Å². The number of hydrogen-bond donors (Lipinski definition) is 1. The average molecular weight is 411 g/mol. The van der Waals surface area contributed by atoms with Crippen LogP contribution in [0.3, 0.4) is 0 Å². The third kappa shape index (κ3) is 5.67. The minimum Gasteiger partial charge on any atom is -0.406 e. The predicted octanol–water partition coefficient (Wildman–Crippen LogP) is 2.83. The number of rotatable bonds is 4. The predicted molar refractivity (Wildman–Crippen MR) is 94.5 cm³/mol. The lowest BCUT2D eigenvalue weighted by Gasteiger charge is -2.34. The number of nitrogens with one attached hydrogen (secondary N) is 1. The Morgan fingerprint density at radius 3 is 1.97 bits per heavy atom. The molecule has 2 aromatic carbocycles. The van der Waals surface area contributed by atoms with Crippen molar-refractivity contribution in [3.05, 3.63) is 65.5 Å². The summed E-state index contributed by atoms with van der Waals surface area (Å²) in [6.07, 6.45) is -4.79. The van der Waals surface area contributed by atoms with Gasteiger partial charge in [-0.1, -0.05) is 0 Å². The smallest absolute Gasteiger partial charge is 0.406 e. The van der Waals surface area contributed by atoms with Gasteiger partial charge in [0.25, 0.3) is 11.8 Å². The summed E-state index contributed by atoms with van der Waals surface area (Å²) in [6.45, 7) is 1.38. The molecule has 3 rings (SSSR count). The molecule has 6 nitrogen and oxygen atoms in total. The highest BCUT2D eigenvalue weighted by Crippen LogP contribution is 2.23. The molecule has 0 saturated carbocycles. The van der Waals surface area contributed by atoms with Gasteiger partial charge in [0.1, 0.15) is 11.6 Å². The van der Waals surface area contributed by atoms with Gasteiger partial charge in [0.05, 0.1) is 0 Å². The quantitative estimate of drug-likeness (QED) is 0.787. The van der Waals surface area contributed by atoms with E-state index in [1.807, 2.05) is 0 Å². The fourth-order valence-electron chi connectivity index (χ4n) is 2.81. The van der Waals surface area contributed by atoms with Crippen LogP contribution in [0.25, 0.3) is 0 Å². The Hall–Kier alpha value is -3.14. The molecule has 29 heavy (non-hydrogen) atoms. The standard InChI is InChI=1S/C19H17F4N3O3/c20-15-5-1-13(2-6-15)17(27)24-26-11-9-25(10-12-26)18(28)14-3-7-16(8-4-14)29-19(21,22)23/h1-8H,9-12H2,(H,24,27). The van der Waals surface area contributed by atoms with Crippen LogP contribution in [0.15, 0.2) is 48.5 Å². The molecule has 1 aliphatic rings. The van der Waals surface area contributed by atoms with Crippen LogP contribution in [0, 0.1) is 5.82 Å². The molecule has 2 amide bonds. The maximum absolute atomic E-state index is 12.9. The molecule has 1 N–H and O–H groups in total. The summed E-state index contributed by atoms with van der Waals surface area (Å²) in [4.78, 5) is 26.2. The SMILES string of the molecule is O=C(NN1CCN(C(=O)c2ccc(OC(F)(F)F)cc2)CC1)c1ccc(F)cc1. The van der Waals surface area contributed by atoms with E-state index in [1.165, 1.54) is 36.4 Å². The third-order valence-electron chi connectivity index (χ3n) is 4.27. The van der Waals surface area contributed by atoms with E-state index in [0.29, 0.717) is 31.7 Å². The molecule has 0 bridgehead atoms. The summed E-state index contributed by atoms with van der Waals surface area (Å²) in [7, 11) is 0. The molecular weight excluding hydrogens is 394 g/mol. The highest BCUT2D eigenvalue weighted by atomic mass is 19.4. The van der Waals surface area contributed by atoms with Gasteiger partial charge >= 0.3 is 6.36 Å². The van der Waals surface area contributed by atoms with Crippen molar-refractivity contribution >= 4 is 11.8 Å². The number of alkyl halides is 3. The van der Waals surface area contributed by atoms with Crippen molar-refractivity contribution < 1.29 is 31.9 Å². The second-order valence-electron chi connectivity index (χ2n) is 6.30. The number of amides is 2. The van der Waals surface area contributed by atoms with Gasteiger partial charge in [-0.2, -0.15) is 0 Å². The molecule has 0 unspecified atom stereocenters. The van der Waals surface area contributed by atoms with Crippen molar-refractivity contribution in [2.24, 2.45) is 0 Å². The molecule has 0 aliphatic carbocycles. The molecule has 0 radical (unpaired) electrons. The minimum absolute atomic E-state index is 0.239. The highest BCUT2D eigenvalue weighted by molar-refractivity contribution is 5.95. The zero-order valence-corrected chi connectivity index (χ0v) is 15.1. The van der Waals surface area contributed by atoms with E-state index in [2.05, 4.69) is 10.2 Å². The Morgan fingerprint density at radius 1 is 0.862 bits per heavy atom. The molecule has 1 saturated heterocycles. The minimum atomic E-state index is -4.79. The van der Waals surface area contributed by atoms with Crippen molar-refractivity contribution in [2.45, 2.75) is 6.36 Å². The average Bonchev–Trinajstić information content (AvgIpc) is 2.68. The van der Waals surface area contributed by atoms with Gasteiger partial charge < -0.3 is 9.64 Å². The lowest BCUT2D eigenvalue weighted by molar-refractivity contribution is -0.274. The zero-order chi connectivity index (χ0) is 21.0. The Labute approximate surface area is 163 Å². The molecule has 1 fully saturated rings. The summed E-state index contributed by atoms with van der Waals surface area (Å²) >= 11 is 0. The lowest BCUT2D eigenvalue weighted by Crippen LogP contribution is -2.54. The van der Waals surface area contributed by atoms with Crippen molar-refractivity contribution in [3.63, 3.8) is 0 Å². The van der Waals surface area contributed by atoms with Crippen molar-refractivity contribution in [1.29, 1.82) is 0 Å². The first-order valence-corrected chi connectivity index (χ1v) is 8.68. The largest absolute Gasteiger partial charge is 0.573 e. The molecule has 0 atom stereocenters. The van der Waals surface area contributed by atoms with Gasteiger partial charge in [-0.3, -0.25) is 15.0 Å². The monoisotopic (exact) mass is 411 g/mol. The summed E-state index contributed by atoms with van der Waals surface area (Å²) in [5.74, 6) is -1.55. The number of hydrogen-bond acceptors (Lipinski definition) is 4. The number of ether oxygens (including phenoxy) is 1. The van der Waals surface area contributed by atoms with E-state index < -0.39 is 17.9 Å². The van der Waals surface area contributed by atoms with E-state index >= 15 is 0 Å². The molecule has 0 aromatic heterocycles. The van der Waals surface area contributed by atoms with E-state index in [9.17, 15) is 27.2 Å². The van der Waals surface area contributed by atoms with Crippen LogP contribution in [0.5, 0.6) is 5.75 Å². The van der Waals surface area contributed by atoms with Gasteiger partial charge in [0.2, 0.25) is 0 Å². The Morgan fingerprint density at radius 2 is 1.41 bits per heavy atom. The summed E-state index contributed by atoms with van der Waals surface area (Å²) in [5.41, 5.74) is 3.24. The number of carbonyl (C=O) groups is 2. The van der Waals surface area contributed by atoms with Crippen LogP contribution in [0.1, 0.15) is 20.7 Å². The van der Waals surface area contributed by atoms with Crippen molar-refractivity contribution in [2.75, 3.05) is 26.2 Å². The van der Waals surface area contributed by atoms with Crippen molar-refractivity contribution in [1.82, 2.24) is 15.3 Å². The Bertz CT molecular complexity index is 862. The van der Waals surface area contributed by atoms with Crippen molar-refractivity contribution in [3.8, 4) is 5.75 Å². The Balaban J connectivity index is 1.51. The topological polar surface area (TPSA) is 61.9 Å². The molecule has 2 aromatic rings. The van der Waals surface area contributed by atoms with Gasteiger partial charge in [0.15, 0.2) is 0 Å². The van der Waals surface area contributed by atoms with Gasteiger partial charge in [-0.15, -0.1) is 13.2 Å². The highest BCUT2D eigenvalue weighted by Gasteiger charge is 2.31. The first-order valence-electron chi connectivity index (χ1n) is 8.68. The second kappa shape index (κ2) is 8.48. The van der Waals surface area contributed by atoms with E-state index in [4.69, 9.17) is 0 Å². The fourth-order valence-corrected chi connectivity index (χ4v) is 2.81. The number of hydrazine groups is 1. The molecule has 154 valence electrons. The first-order chi connectivity index (χ1) is 13.7. The second-order valence-corrected chi connectivity index (χ2v) is 6.30. The van der Waals surface area contributed by atoms with E-state index in [1.54, 1.807) is 9.91 Å². The van der Waals surface area contributed by atoms with Crippen LogP contribution < -0.4 is 10.2 Å². The fraction of sp³-hybridized carbons (Fsp3) is 0.263. The normalized spacial score (nSPS) is 15.1. The number of halogens is 4. The molecule has 1 aliphatic heterocycles. The number of benzene rings is 2. The Kier molecular flexibility index (Phi) is 6.02. The third-order valence-corrected chi connectivity index (χ3v) is 4.27. The number of piperazine rings is 1. The van der Waals surface area contributed by atoms with Crippen LogP contribution in [0.2, 0.25) is 0 Å². The zero-order valence-electron chi connectivity index (χ0n) is 15.1. The summed E-state index contributed by atoms with van der Waals surface area (Å²) < 4.78 is 53.3. The molecule has 10 heteroatoms. The van der Waals surface area contributed by atoms with Crippen LogP contribution in [-0.4, -0.2) is 54.3 Å². The summed E-state index contributed by atoms with van der Waals surface area (Å²) in [6, 6.07) is 9.83. The number of carbonyl (C=O) groups excluding carboxylic acids is 2. The van der Waals surface area contributed by atoms with Crippen LogP contribution in [0.4, 0.5) is 17.6 Å². The van der Waals surface area contributed by atoms with Crippen LogP contribution in [-0.2, 0) is 0 Å². The van der Waals surface area contributed by atoms with Gasteiger partial charge in [-0.25, -0.2) is 9.40 Å². The summed E-state index contributed by atoms with van der Waals surface area (Å²) in [5, 5.41) is 1.65. The molecular formula is C19H17F4N3O3. The lowest BCUT2D eigenvalue weighted by atomic mass is 10.1. The van der Waals surface area contributed by atoms with E-state index in [0.717, 1.165) is 12.1 Å². The molecule has 0 spiro atoms. The van der Waals surface area contributed by atoms with Gasteiger partial charge in [0, 0.05) is 37.3 Å². The van der Waals surface area contributed by atoms with E-state index in [-0.39, 0.29) is 17.4 Å². The number of nitrogens with zero attached hydrogens (tertiary/aromatic N) is 2. The maximum Gasteiger partial charge on any atom is 0.573 e. The maximum atomic E-state index is 12.9. The van der Waals surface area contributed by atoms with Gasteiger partial charge in [-0.05, 0) is 48.5 Å². The molecule has 1 heterocycles. The first kappa shape index (κ1) is 20.6.